The van der Waals surface area contributed by atoms with E-state index in [0.29, 0.717) is 6.42 Å². The van der Waals surface area contributed by atoms with Crippen LogP contribution < -0.4 is 4.74 Å². The maximum atomic E-state index is 10.5. The predicted molar refractivity (Wildman–Crippen MR) is 123 cm³/mol. The van der Waals surface area contributed by atoms with Crippen LogP contribution in [-0.4, -0.2) is 34.5 Å². The molecule has 0 radical (unpaired) electrons. The molecule has 0 aliphatic rings. The van der Waals surface area contributed by atoms with Crippen LogP contribution in [-0.2, 0) is 9.59 Å². The summed E-state index contributed by atoms with van der Waals surface area (Å²) in [5.41, 5.74) is 0. The summed E-state index contributed by atoms with van der Waals surface area (Å²) < 4.78 is 5.99. The number of hydrogen-bond acceptors (Lipinski definition) is 4. The van der Waals surface area contributed by atoms with Crippen LogP contribution in [0.3, 0.4) is 0 Å². The highest BCUT2D eigenvalue weighted by molar-refractivity contribution is 7.99. The lowest BCUT2D eigenvalue weighted by Gasteiger charge is -2.11. The molecule has 6 heteroatoms. The molecular formula is C24H38O5S. The maximum Gasteiger partial charge on any atom is 0.303 e. The summed E-state index contributed by atoms with van der Waals surface area (Å²) in [6.07, 6.45) is 13.4. The first-order valence-electron chi connectivity index (χ1n) is 11.4. The molecule has 0 atom stereocenters. The average molecular weight is 439 g/mol. The van der Waals surface area contributed by atoms with Crippen LogP contribution in [0.1, 0.15) is 89.9 Å². The Labute approximate surface area is 185 Å². The monoisotopic (exact) mass is 438 g/mol. The molecule has 0 aliphatic heterocycles. The van der Waals surface area contributed by atoms with Gasteiger partial charge in [-0.05, 0) is 43.6 Å². The van der Waals surface area contributed by atoms with Gasteiger partial charge in [-0.1, -0.05) is 63.5 Å². The van der Waals surface area contributed by atoms with Crippen LogP contribution in [0.15, 0.2) is 29.2 Å². The van der Waals surface area contributed by atoms with Crippen LogP contribution in [0.5, 0.6) is 5.75 Å². The standard InChI is InChI=1S/C24H38O5S/c25-23(26)17-9-6-4-2-1-3-5-7-13-19-29-21-15-11-12-16-22(21)30-20-14-8-10-18-24(27)28/h11-12,15-16H,1-10,13-14,17-20H2,(H,25,26)(H,27,28). The third-order valence-corrected chi connectivity index (χ3v) is 6.08. The zero-order valence-corrected chi connectivity index (χ0v) is 19.0. The van der Waals surface area contributed by atoms with Crippen molar-refractivity contribution in [2.24, 2.45) is 0 Å². The fourth-order valence-electron chi connectivity index (χ4n) is 3.22. The lowest BCUT2D eigenvalue weighted by Crippen LogP contribution is -1.99. The molecule has 0 heterocycles. The molecule has 0 unspecified atom stereocenters. The van der Waals surface area contributed by atoms with Gasteiger partial charge in [-0.25, -0.2) is 0 Å². The summed E-state index contributed by atoms with van der Waals surface area (Å²) in [7, 11) is 0. The highest BCUT2D eigenvalue weighted by atomic mass is 32.2. The van der Waals surface area contributed by atoms with Crippen molar-refractivity contribution in [3.05, 3.63) is 24.3 Å². The average Bonchev–Trinajstić information content (AvgIpc) is 2.71. The van der Waals surface area contributed by atoms with Crippen LogP contribution in [0, 0.1) is 0 Å². The number of para-hydroxylation sites is 1. The zero-order valence-electron chi connectivity index (χ0n) is 18.2. The normalized spacial score (nSPS) is 10.8. The van der Waals surface area contributed by atoms with Crippen LogP contribution in [0.2, 0.25) is 0 Å². The Morgan fingerprint density at radius 2 is 1.20 bits per heavy atom. The number of benzene rings is 1. The van der Waals surface area contributed by atoms with Crippen LogP contribution >= 0.6 is 11.8 Å². The summed E-state index contributed by atoms with van der Waals surface area (Å²) in [4.78, 5) is 22.1. The summed E-state index contributed by atoms with van der Waals surface area (Å²) in [5, 5.41) is 17.3. The van der Waals surface area contributed by atoms with Crippen molar-refractivity contribution < 1.29 is 24.5 Å². The molecule has 0 saturated carbocycles. The van der Waals surface area contributed by atoms with E-state index in [1.807, 2.05) is 18.2 Å². The fourth-order valence-corrected chi connectivity index (χ4v) is 4.24. The molecule has 1 aromatic rings. The molecule has 30 heavy (non-hydrogen) atoms. The number of thioether (sulfide) groups is 1. The van der Waals surface area contributed by atoms with E-state index in [0.717, 1.165) is 63.1 Å². The van der Waals surface area contributed by atoms with Crippen molar-refractivity contribution in [1.82, 2.24) is 0 Å². The highest BCUT2D eigenvalue weighted by Crippen LogP contribution is 2.30. The number of carbonyl (C=O) groups is 2. The van der Waals surface area contributed by atoms with E-state index >= 15 is 0 Å². The third kappa shape index (κ3) is 15.2. The molecule has 0 amide bonds. The summed E-state index contributed by atoms with van der Waals surface area (Å²) in [6, 6.07) is 8.15. The fraction of sp³-hybridized carbons (Fsp3) is 0.667. The molecule has 0 spiro atoms. The van der Waals surface area contributed by atoms with Crippen molar-refractivity contribution in [3.63, 3.8) is 0 Å². The second kappa shape index (κ2) is 18.1. The first-order chi connectivity index (χ1) is 14.6. The van der Waals surface area contributed by atoms with Gasteiger partial charge in [0.2, 0.25) is 0 Å². The highest BCUT2D eigenvalue weighted by Gasteiger charge is 2.04. The number of hydrogen-bond donors (Lipinski definition) is 2. The van der Waals surface area contributed by atoms with E-state index in [2.05, 4.69) is 6.07 Å². The number of carboxylic acids is 2. The van der Waals surface area contributed by atoms with Gasteiger partial charge >= 0.3 is 11.9 Å². The Morgan fingerprint density at radius 3 is 1.80 bits per heavy atom. The topological polar surface area (TPSA) is 83.8 Å². The van der Waals surface area contributed by atoms with E-state index in [1.54, 1.807) is 11.8 Å². The van der Waals surface area contributed by atoms with Gasteiger partial charge in [0.05, 0.1) is 6.61 Å². The molecule has 170 valence electrons. The Balaban J connectivity index is 2.02. The first kappa shape index (κ1) is 26.3. The van der Waals surface area contributed by atoms with Crippen molar-refractivity contribution in [2.75, 3.05) is 12.4 Å². The number of ether oxygens (including phenoxy) is 1. The minimum atomic E-state index is -0.714. The maximum absolute atomic E-state index is 10.5. The number of rotatable bonds is 20. The van der Waals surface area contributed by atoms with Crippen LogP contribution in [0.25, 0.3) is 0 Å². The van der Waals surface area contributed by atoms with Gasteiger partial charge in [0.1, 0.15) is 5.75 Å². The third-order valence-electron chi connectivity index (χ3n) is 4.93. The van der Waals surface area contributed by atoms with Gasteiger partial charge in [-0.15, -0.1) is 11.8 Å². The van der Waals surface area contributed by atoms with E-state index < -0.39 is 11.9 Å². The van der Waals surface area contributed by atoms with Crippen molar-refractivity contribution in [2.45, 2.75) is 94.8 Å². The van der Waals surface area contributed by atoms with Crippen molar-refractivity contribution in [1.29, 1.82) is 0 Å². The first-order valence-corrected chi connectivity index (χ1v) is 12.4. The molecule has 5 nitrogen and oxygen atoms in total. The smallest absolute Gasteiger partial charge is 0.303 e. The quantitative estimate of drug-likeness (QED) is 0.172. The van der Waals surface area contributed by atoms with Crippen molar-refractivity contribution in [3.8, 4) is 5.75 Å². The molecule has 0 bridgehead atoms. The molecule has 0 fully saturated rings. The van der Waals surface area contributed by atoms with E-state index in [1.165, 1.54) is 37.0 Å². The molecular weight excluding hydrogens is 400 g/mol. The molecule has 0 aromatic heterocycles. The molecule has 1 rings (SSSR count). The van der Waals surface area contributed by atoms with E-state index in [9.17, 15) is 9.59 Å². The van der Waals surface area contributed by atoms with E-state index in [-0.39, 0.29) is 6.42 Å². The summed E-state index contributed by atoms with van der Waals surface area (Å²) in [6.45, 7) is 0.741. The van der Waals surface area contributed by atoms with Gasteiger partial charge in [-0.2, -0.15) is 0 Å². The predicted octanol–water partition coefficient (Wildman–Crippen LogP) is 6.79. The molecule has 0 saturated heterocycles. The molecule has 1 aromatic carbocycles. The molecule has 0 aliphatic carbocycles. The number of aliphatic carboxylic acids is 2. The Hall–Kier alpha value is -1.69. The van der Waals surface area contributed by atoms with Gasteiger partial charge in [0.15, 0.2) is 0 Å². The second-order valence-corrected chi connectivity index (χ2v) is 8.81. The zero-order chi connectivity index (χ0) is 21.9. The van der Waals surface area contributed by atoms with Gasteiger partial charge in [0.25, 0.3) is 0 Å². The van der Waals surface area contributed by atoms with E-state index in [4.69, 9.17) is 14.9 Å². The second-order valence-electron chi connectivity index (χ2n) is 7.67. The lowest BCUT2D eigenvalue weighted by molar-refractivity contribution is -0.138. The van der Waals surface area contributed by atoms with Gasteiger partial charge in [0, 0.05) is 17.7 Å². The van der Waals surface area contributed by atoms with Gasteiger partial charge < -0.3 is 14.9 Å². The summed E-state index contributed by atoms with van der Waals surface area (Å²) >= 11 is 1.79. The van der Waals surface area contributed by atoms with Gasteiger partial charge in [-0.3, -0.25) is 9.59 Å². The number of carboxylic acid groups (broad SMARTS) is 2. The lowest BCUT2D eigenvalue weighted by atomic mass is 10.1. The summed E-state index contributed by atoms with van der Waals surface area (Å²) in [5.74, 6) is 0.534. The minimum Gasteiger partial charge on any atom is -0.492 e. The van der Waals surface area contributed by atoms with Crippen molar-refractivity contribution >= 4 is 23.7 Å². The minimum absolute atomic E-state index is 0.261. The Morgan fingerprint density at radius 1 is 0.700 bits per heavy atom. The largest absolute Gasteiger partial charge is 0.492 e. The molecule has 2 N–H and O–H groups in total. The number of unbranched alkanes of at least 4 members (excludes halogenated alkanes) is 10. The Bertz CT molecular complexity index is 591. The van der Waals surface area contributed by atoms with Crippen LogP contribution in [0.4, 0.5) is 0 Å². The Kier molecular flexibility index (Phi) is 15.9. The SMILES string of the molecule is O=C(O)CCCCCCCCCCCOc1ccccc1SCCCCCC(=O)O.